The lowest BCUT2D eigenvalue weighted by Crippen LogP contribution is -2.16. The lowest BCUT2D eigenvalue weighted by atomic mass is 10.2. The topological polar surface area (TPSA) is 129 Å². The molecule has 0 atom stereocenters. The fraction of sp³-hybridized carbons (Fsp3) is 0.115. The monoisotopic (exact) mass is 520 g/mol. The summed E-state index contributed by atoms with van der Waals surface area (Å²) in [5, 5.41) is 2.76. The largest absolute Gasteiger partial charge is 0.490 e. The molecule has 4 rings (SSSR count). The summed E-state index contributed by atoms with van der Waals surface area (Å²) in [4.78, 5) is 20.6. The molecule has 1 amide bonds. The first-order valence-electron chi connectivity index (χ1n) is 11.1. The molecule has 0 unspecified atom stereocenters. The van der Waals surface area contributed by atoms with Gasteiger partial charge >= 0.3 is 0 Å². The molecule has 11 heteroatoms. The molecule has 1 heterocycles. The van der Waals surface area contributed by atoms with E-state index in [1.54, 1.807) is 24.3 Å². The van der Waals surface area contributed by atoms with Crippen molar-refractivity contribution < 1.29 is 27.4 Å². The van der Waals surface area contributed by atoms with E-state index in [2.05, 4.69) is 20.0 Å². The van der Waals surface area contributed by atoms with E-state index < -0.39 is 15.9 Å². The summed E-state index contributed by atoms with van der Waals surface area (Å²) in [7, 11) is -2.50. The summed E-state index contributed by atoms with van der Waals surface area (Å²) in [6, 6.07) is 23.3. The van der Waals surface area contributed by atoms with Crippen LogP contribution >= 0.6 is 0 Å². The van der Waals surface area contributed by atoms with E-state index >= 15 is 0 Å². The Hall–Kier alpha value is -4.64. The van der Waals surface area contributed by atoms with Crippen molar-refractivity contribution >= 4 is 27.4 Å². The van der Waals surface area contributed by atoms with Crippen molar-refractivity contribution in [1.29, 1.82) is 0 Å². The second-order valence-electron chi connectivity index (χ2n) is 7.54. The number of rotatable bonds is 11. The molecule has 2 N–H and O–H groups in total. The van der Waals surface area contributed by atoms with Crippen molar-refractivity contribution in [3.05, 3.63) is 96.8 Å². The molecule has 0 fully saturated rings. The Morgan fingerprint density at radius 2 is 1.57 bits per heavy atom. The molecule has 0 aliphatic rings. The number of ether oxygens (including phenoxy) is 3. The van der Waals surface area contributed by atoms with Crippen LogP contribution < -0.4 is 24.2 Å². The minimum atomic E-state index is -3.92. The van der Waals surface area contributed by atoms with Crippen LogP contribution in [0.3, 0.4) is 0 Å². The Bertz CT molecular complexity index is 1450. The maximum Gasteiger partial charge on any atom is 0.263 e. The zero-order chi connectivity index (χ0) is 26.1. The standard InChI is InChI=1S/C26H24N4O6S/c1-34-25-17-24(27-18-28-25)30-37(32,33)21-13-11-19(12-14-21)29-26(31)22-9-5-6-10-23(22)36-16-15-35-20-7-3-2-4-8-20/h2-14,17-18H,15-16H2,1H3,(H,29,31)(H,27,28,30). The number of carbonyl (C=O) groups excluding carboxylic acids is 1. The van der Waals surface area contributed by atoms with Crippen LogP contribution in [0.4, 0.5) is 11.5 Å². The van der Waals surface area contributed by atoms with Gasteiger partial charge in [0.15, 0.2) is 0 Å². The highest BCUT2D eigenvalue weighted by Gasteiger charge is 2.17. The summed E-state index contributed by atoms with van der Waals surface area (Å²) in [5.41, 5.74) is 0.744. The fourth-order valence-electron chi connectivity index (χ4n) is 3.23. The molecule has 190 valence electrons. The van der Waals surface area contributed by atoms with Crippen molar-refractivity contribution in [3.8, 4) is 17.4 Å². The molecule has 0 spiro atoms. The zero-order valence-corrected chi connectivity index (χ0v) is 20.6. The van der Waals surface area contributed by atoms with E-state index in [1.807, 2.05) is 30.3 Å². The minimum Gasteiger partial charge on any atom is -0.490 e. The number of nitrogens with one attached hydrogen (secondary N) is 2. The number of anilines is 2. The quantitative estimate of drug-likeness (QED) is 0.284. The van der Waals surface area contributed by atoms with E-state index in [0.717, 1.165) is 5.75 Å². The Kier molecular flexibility index (Phi) is 8.16. The number of carbonyl (C=O) groups is 1. The molecule has 0 saturated heterocycles. The maximum absolute atomic E-state index is 12.9. The van der Waals surface area contributed by atoms with Gasteiger partial charge in [-0.25, -0.2) is 18.4 Å². The predicted molar refractivity (Wildman–Crippen MR) is 138 cm³/mol. The van der Waals surface area contributed by atoms with Crippen molar-refractivity contribution in [2.24, 2.45) is 0 Å². The van der Waals surface area contributed by atoms with E-state index in [-0.39, 0.29) is 23.2 Å². The third kappa shape index (κ3) is 6.95. The van der Waals surface area contributed by atoms with Crippen LogP contribution in [0.25, 0.3) is 0 Å². The van der Waals surface area contributed by atoms with Gasteiger partial charge in [-0.2, -0.15) is 0 Å². The van der Waals surface area contributed by atoms with E-state index in [4.69, 9.17) is 14.2 Å². The molecule has 0 aliphatic carbocycles. The lowest BCUT2D eigenvalue weighted by molar-refractivity contribution is 0.102. The maximum atomic E-state index is 12.9. The van der Waals surface area contributed by atoms with Gasteiger partial charge in [-0.05, 0) is 48.5 Å². The van der Waals surface area contributed by atoms with Gasteiger partial charge in [0, 0.05) is 11.8 Å². The Balaban J connectivity index is 1.37. The van der Waals surface area contributed by atoms with Crippen LogP contribution in [0.1, 0.15) is 10.4 Å². The SMILES string of the molecule is COc1cc(NS(=O)(=O)c2ccc(NC(=O)c3ccccc3OCCOc3ccccc3)cc2)ncn1. The third-order valence-electron chi connectivity index (χ3n) is 5.00. The van der Waals surface area contributed by atoms with E-state index in [0.29, 0.717) is 23.6 Å². The number of para-hydroxylation sites is 2. The molecule has 0 bridgehead atoms. The van der Waals surface area contributed by atoms with Crippen LogP contribution in [0.2, 0.25) is 0 Å². The number of amides is 1. The van der Waals surface area contributed by atoms with Crippen molar-refractivity contribution in [2.75, 3.05) is 30.4 Å². The number of methoxy groups -OCH3 is 1. The summed E-state index contributed by atoms with van der Waals surface area (Å²) in [5.74, 6) is 1.02. The van der Waals surface area contributed by atoms with Gasteiger partial charge in [0.25, 0.3) is 15.9 Å². The molecular formula is C26H24N4O6S. The normalized spacial score (nSPS) is 10.8. The van der Waals surface area contributed by atoms with Crippen molar-refractivity contribution in [3.63, 3.8) is 0 Å². The smallest absolute Gasteiger partial charge is 0.263 e. The third-order valence-corrected chi connectivity index (χ3v) is 6.37. The van der Waals surface area contributed by atoms with Gasteiger partial charge in [-0.1, -0.05) is 30.3 Å². The highest BCUT2D eigenvalue weighted by molar-refractivity contribution is 7.92. The molecule has 0 radical (unpaired) electrons. The second-order valence-corrected chi connectivity index (χ2v) is 9.22. The van der Waals surface area contributed by atoms with Crippen molar-refractivity contribution in [2.45, 2.75) is 4.90 Å². The fourth-order valence-corrected chi connectivity index (χ4v) is 4.23. The van der Waals surface area contributed by atoms with Crippen LogP contribution in [-0.2, 0) is 10.0 Å². The number of hydrogen-bond acceptors (Lipinski definition) is 8. The molecule has 0 saturated carbocycles. The number of nitrogens with zero attached hydrogens (tertiary/aromatic N) is 2. The molecular weight excluding hydrogens is 496 g/mol. The summed E-state index contributed by atoms with van der Waals surface area (Å²) in [6.45, 7) is 0.558. The number of benzene rings is 3. The Morgan fingerprint density at radius 3 is 2.32 bits per heavy atom. The predicted octanol–water partition coefficient (Wildman–Crippen LogP) is 4.00. The first-order chi connectivity index (χ1) is 17.9. The number of sulfonamides is 1. The van der Waals surface area contributed by atoms with E-state index in [9.17, 15) is 13.2 Å². The highest BCUT2D eigenvalue weighted by atomic mass is 32.2. The molecule has 1 aromatic heterocycles. The van der Waals surface area contributed by atoms with Crippen LogP contribution in [0, 0.1) is 0 Å². The number of hydrogen-bond donors (Lipinski definition) is 2. The minimum absolute atomic E-state index is 0.00905. The van der Waals surface area contributed by atoms with Crippen LogP contribution in [0.5, 0.6) is 17.4 Å². The van der Waals surface area contributed by atoms with Crippen LogP contribution in [0.15, 0.2) is 96.2 Å². The first kappa shape index (κ1) is 25.5. The molecule has 0 aliphatic heterocycles. The zero-order valence-electron chi connectivity index (χ0n) is 19.8. The molecule has 10 nitrogen and oxygen atoms in total. The highest BCUT2D eigenvalue weighted by Crippen LogP contribution is 2.22. The number of aromatic nitrogens is 2. The molecule has 3 aromatic carbocycles. The summed E-state index contributed by atoms with van der Waals surface area (Å²) >= 11 is 0. The van der Waals surface area contributed by atoms with E-state index in [1.165, 1.54) is 43.8 Å². The summed E-state index contributed by atoms with van der Waals surface area (Å²) in [6.07, 6.45) is 1.19. The van der Waals surface area contributed by atoms with Gasteiger partial charge < -0.3 is 19.5 Å². The molecule has 37 heavy (non-hydrogen) atoms. The van der Waals surface area contributed by atoms with Gasteiger partial charge in [0.05, 0.1) is 17.6 Å². The second kappa shape index (κ2) is 11.9. The average molecular weight is 521 g/mol. The summed E-state index contributed by atoms with van der Waals surface area (Å²) < 4.78 is 44.1. The first-order valence-corrected chi connectivity index (χ1v) is 12.6. The van der Waals surface area contributed by atoms with Gasteiger partial charge in [-0.15, -0.1) is 0 Å². The Labute approximate surface area is 214 Å². The molecule has 4 aromatic rings. The lowest BCUT2D eigenvalue weighted by Gasteiger charge is -2.13. The van der Waals surface area contributed by atoms with Gasteiger partial charge in [0.2, 0.25) is 5.88 Å². The van der Waals surface area contributed by atoms with Gasteiger partial charge in [0.1, 0.15) is 36.9 Å². The Morgan fingerprint density at radius 1 is 0.865 bits per heavy atom. The average Bonchev–Trinajstić information content (AvgIpc) is 2.92. The van der Waals surface area contributed by atoms with Crippen molar-refractivity contribution in [1.82, 2.24) is 9.97 Å². The van der Waals surface area contributed by atoms with Crippen LogP contribution in [-0.4, -0.2) is 44.6 Å². The van der Waals surface area contributed by atoms with Gasteiger partial charge in [-0.3, -0.25) is 9.52 Å².